The van der Waals surface area contributed by atoms with E-state index in [9.17, 15) is 9.90 Å². The van der Waals surface area contributed by atoms with Crippen LogP contribution in [0.2, 0.25) is 0 Å². The molecule has 17 heavy (non-hydrogen) atoms. The molecule has 1 saturated carbocycles. The van der Waals surface area contributed by atoms with Crippen LogP contribution < -0.4 is 5.32 Å². The highest BCUT2D eigenvalue weighted by Crippen LogP contribution is 2.29. The monoisotopic (exact) mass is 241 g/mol. The van der Waals surface area contributed by atoms with Gasteiger partial charge in [-0.2, -0.15) is 0 Å². The van der Waals surface area contributed by atoms with Gasteiger partial charge in [0.2, 0.25) is 0 Å². The summed E-state index contributed by atoms with van der Waals surface area (Å²) in [5.41, 5.74) is -1.23. The van der Waals surface area contributed by atoms with Crippen molar-refractivity contribution in [3.05, 3.63) is 12.7 Å². The molecule has 1 fully saturated rings. The standard InChI is InChI=1S/C13H23NO3/c1-5-13(16)8-6-10(7-9-13)14-11(15)17-12(2,3)4/h5,10,16H,1,6-9H2,2-4H3,(H,14,15). The molecule has 0 aromatic rings. The molecule has 4 heteroatoms. The summed E-state index contributed by atoms with van der Waals surface area (Å²) in [5.74, 6) is 0. The van der Waals surface area contributed by atoms with Crippen molar-refractivity contribution in [1.29, 1.82) is 0 Å². The van der Waals surface area contributed by atoms with Crippen molar-refractivity contribution in [2.45, 2.75) is 63.7 Å². The normalized spacial score (nSPS) is 29.5. The first-order chi connectivity index (χ1) is 7.74. The Hall–Kier alpha value is -1.03. The van der Waals surface area contributed by atoms with Gasteiger partial charge in [0, 0.05) is 6.04 Å². The lowest BCUT2D eigenvalue weighted by molar-refractivity contribution is 0.0298. The van der Waals surface area contributed by atoms with E-state index in [-0.39, 0.29) is 12.1 Å². The Kier molecular flexibility index (Phi) is 4.20. The molecule has 0 bridgehead atoms. The SMILES string of the molecule is C=CC1(O)CCC(NC(=O)OC(C)(C)C)CC1. The minimum absolute atomic E-state index is 0.0880. The molecule has 2 N–H and O–H groups in total. The number of aliphatic hydroxyl groups is 1. The van der Waals surface area contributed by atoms with Gasteiger partial charge in [-0.1, -0.05) is 6.08 Å². The highest BCUT2D eigenvalue weighted by molar-refractivity contribution is 5.68. The van der Waals surface area contributed by atoms with Crippen LogP contribution in [0, 0.1) is 0 Å². The largest absolute Gasteiger partial charge is 0.444 e. The van der Waals surface area contributed by atoms with Crippen LogP contribution in [0.1, 0.15) is 46.5 Å². The summed E-state index contributed by atoms with van der Waals surface area (Å²) >= 11 is 0. The van der Waals surface area contributed by atoms with Crippen LogP contribution in [-0.2, 0) is 4.74 Å². The van der Waals surface area contributed by atoms with Crippen LogP contribution in [0.5, 0.6) is 0 Å². The number of carbonyl (C=O) groups is 1. The van der Waals surface area contributed by atoms with E-state index in [0.29, 0.717) is 12.8 Å². The second-order valence-electron chi connectivity index (χ2n) is 5.73. The zero-order valence-electron chi connectivity index (χ0n) is 11.0. The number of amides is 1. The Morgan fingerprint density at radius 3 is 2.41 bits per heavy atom. The van der Waals surface area contributed by atoms with Crippen LogP contribution in [0.25, 0.3) is 0 Å². The van der Waals surface area contributed by atoms with Crippen molar-refractivity contribution in [2.24, 2.45) is 0 Å². The van der Waals surface area contributed by atoms with Gasteiger partial charge in [0.25, 0.3) is 0 Å². The van der Waals surface area contributed by atoms with Gasteiger partial charge in [-0.3, -0.25) is 0 Å². The van der Waals surface area contributed by atoms with E-state index >= 15 is 0 Å². The Labute approximate surface area is 103 Å². The zero-order valence-corrected chi connectivity index (χ0v) is 11.0. The maximum absolute atomic E-state index is 11.5. The van der Waals surface area contributed by atoms with Crippen molar-refractivity contribution < 1.29 is 14.6 Å². The molecule has 0 aliphatic heterocycles. The third-order valence-corrected chi connectivity index (χ3v) is 2.95. The predicted molar refractivity (Wildman–Crippen MR) is 66.8 cm³/mol. The van der Waals surface area contributed by atoms with Crippen molar-refractivity contribution in [2.75, 3.05) is 0 Å². The molecule has 4 nitrogen and oxygen atoms in total. The second-order valence-corrected chi connectivity index (χ2v) is 5.73. The fourth-order valence-corrected chi connectivity index (χ4v) is 1.94. The number of ether oxygens (including phenoxy) is 1. The van der Waals surface area contributed by atoms with Gasteiger partial charge in [-0.05, 0) is 46.5 Å². The van der Waals surface area contributed by atoms with Crippen LogP contribution >= 0.6 is 0 Å². The molecule has 1 aliphatic carbocycles. The molecule has 0 aromatic heterocycles. The molecule has 1 aliphatic rings. The second kappa shape index (κ2) is 5.08. The minimum atomic E-state index is -0.758. The first kappa shape index (κ1) is 14.0. The van der Waals surface area contributed by atoms with E-state index < -0.39 is 11.2 Å². The predicted octanol–water partition coefficient (Wildman–Crippen LogP) is 2.37. The Balaban J connectivity index is 2.36. The summed E-state index contributed by atoms with van der Waals surface area (Å²) < 4.78 is 5.19. The average Bonchev–Trinajstić information content (AvgIpc) is 2.19. The third-order valence-electron chi connectivity index (χ3n) is 2.95. The zero-order chi connectivity index (χ0) is 13.1. The highest BCUT2D eigenvalue weighted by atomic mass is 16.6. The molecule has 0 aromatic carbocycles. The number of carbonyl (C=O) groups excluding carboxylic acids is 1. The Morgan fingerprint density at radius 2 is 2.00 bits per heavy atom. The van der Waals surface area contributed by atoms with Gasteiger partial charge in [-0.25, -0.2) is 4.79 Å². The van der Waals surface area contributed by atoms with E-state index in [1.165, 1.54) is 0 Å². The van der Waals surface area contributed by atoms with E-state index in [1.807, 2.05) is 20.8 Å². The molecule has 0 saturated heterocycles. The number of hydrogen-bond donors (Lipinski definition) is 2. The van der Waals surface area contributed by atoms with Crippen molar-refractivity contribution in [1.82, 2.24) is 5.32 Å². The fourth-order valence-electron chi connectivity index (χ4n) is 1.94. The van der Waals surface area contributed by atoms with E-state index in [0.717, 1.165) is 12.8 Å². The summed E-state index contributed by atoms with van der Waals surface area (Å²) in [4.78, 5) is 11.5. The van der Waals surface area contributed by atoms with Crippen LogP contribution in [-0.4, -0.2) is 28.4 Å². The number of rotatable bonds is 2. The molecular formula is C13H23NO3. The lowest BCUT2D eigenvalue weighted by Gasteiger charge is -2.34. The maximum Gasteiger partial charge on any atom is 0.407 e. The van der Waals surface area contributed by atoms with E-state index in [2.05, 4.69) is 11.9 Å². The molecule has 1 amide bonds. The molecule has 0 unspecified atom stereocenters. The Bertz CT molecular complexity index is 286. The first-order valence-corrected chi connectivity index (χ1v) is 6.10. The minimum Gasteiger partial charge on any atom is -0.444 e. The highest BCUT2D eigenvalue weighted by Gasteiger charge is 2.31. The maximum atomic E-state index is 11.5. The van der Waals surface area contributed by atoms with Gasteiger partial charge in [0.15, 0.2) is 0 Å². The molecule has 0 atom stereocenters. The summed E-state index contributed by atoms with van der Waals surface area (Å²) in [6, 6.07) is 0.0880. The molecule has 0 spiro atoms. The van der Waals surface area contributed by atoms with Crippen LogP contribution in [0.3, 0.4) is 0 Å². The topological polar surface area (TPSA) is 58.6 Å². The quantitative estimate of drug-likeness (QED) is 0.730. The number of nitrogens with one attached hydrogen (secondary N) is 1. The Morgan fingerprint density at radius 1 is 1.47 bits per heavy atom. The van der Waals surface area contributed by atoms with Gasteiger partial charge in [0.1, 0.15) is 5.60 Å². The molecular weight excluding hydrogens is 218 g/mol. The third kappa shape index (κ3) is 4.77. The summed E-state index contributed by atoms with van der Waals surface area (Å²) in [6.07, 6.45) is 3.99. The van der Waals surface area contributed by atoms with Gasteiger partial charge < -0.3 is 15.2 Å². The van der Waals surface area contributed by atoms with Crippen LogP contribution in [0.15, 0.2) is 12.7 Å². The summed E-state index contributed by atoms with van der Waals surface area (Å²) in [5, 5.41) is 12.8. The van der Waals surface area contributed by atoms with Crippen molar-refractivity contribution >= 4 is 6.09 Å². The number of alkyl carbamates (subject to hydrolysis) is 1. The van der Waals surface area contributed by atoms with Crippen molar-refractivity contribution in [3.63, 3.8) is 0 Å². The fraction of sp³-hybridized carbons (Fsp3) is 0.769. The smallest absolute Gasteiger partial charge is 0.407 e. The molecule has 1 rings (SSSR count). The molecule has 0 radical (unpaired) electrons. The lowest BCUT2D eigenvalue weighted by Crippen LogP contribution is -2.44. The molecule has 0 heterocycles. The number of hydrogen-bond acceptors (Lipinski definition) is 3. The summed E-state index contributed by atoms with van der Waals surface area (Å²) in [7, 11) is 0. The van der Waals surface area contributed by atoms with Gasteiger partial charge in [0.05, 0.1) is 5.60 Å². The average molecular weight is 241 g/mol. The van der Waals surface area contributed by atoms with Gasteiger partial charge >= 0.3 is 6.09 Å². The van der Waals surface area contributed by atoms with E-state index in [1.54, 1.807) is 6.08 Å². The van der Waals surface area contributed by atoms with Crippen LogP contribution in [0.4, 0.5) is 4.79 Å². The van der Waals surface area contributed by atoms with E-state index in [4.69, 9.17) is 4.74 Å². The lowest BCUT2D eigenvalue weighted by atomic mass is 9.82. The van der Waals surface area contributed by atoms with Gasteiger partial charge in [-0.15, -0.1) is 6.58 Å². The first-order valence-electron chi connectivity index (χ1n) is 6.10. The summed E-state index contributed by atoms with van der Waals surface area (Å²) in [6.45, 7) is 9.14. The molecule has 98 valence electrons. The van der Waals surface area contributed by atoms with Crippen molar-refractivity contribution in [3.8, 4) is 0 Å².